The van der Waals surface area contributed by atoms with Crippen molar-refractivity contribution in [3.05, 3.63) is 34.1 Å². The molecule has 0 bridgehead atoms. The first-order chi connectivity index (χ1) is 5.69. The highest BCUT2D eigenvalue weighted by Crippen LogP contribution is 2.23. The molecule has 0 heterocycles. The summed E-state index contributed by atoms with van der Waals surface area (Å²) in [6.07, 6.45) is 0. The molecule has 1 rings (SSSR count). The van der Waals surface area contributed by atoms with Gasteiger partial charge in [-0.1, -0.05) is 27.5 Å². The maximum atomic E-state index is 13.0. The molecule has 0 fully saturated rings. The van der Waals surface area contributed by atoms with Crippen molar-refractivity contribution < 1.29 is 4.39 Å². The van der Waals surface area contributed by atoms with E-state index in [1.54, 1.807) is 0 Å². The van der Waals surface area contributed by atoms with Gasteiger partial charge >= 0.3 is 0 Å². The zero-order chi connectivity index (χ0) is 9.14. The second kappa shape index (κ2) is 3.88. The van der Waals surface area contributed by atoms with Gasteiger partial charge in [-0.25, -0.2) is 4.39 Å². The molecular weight excluding hydrogens is 244 g/mol. The van der Waals surface area contributed by atoms with Gasteiger partial charge in [0.25, 0.3) is 0 Å². The Morgan fingerprint density at radius 2 is 2.25 bits per heavy atom. The average molecular weight is 248 g/mol. The third kappa shape index (κ3) is 1.77. The number of hydrogen-bond acceptors (Lipinski definition) is 1. The van der Waals surface area contributed by atoms with Crippen LogP contribution in [0.2, 0.25) is 5.02 Å². The van der Waals surface area contributed by atoms with E-state index in [-0.39, 0.29) is 10.6 Å². The van der Waals surface area contributed by atoms with Crippen LogP contribution in [0, 0.1) is 17.1 Å². The summed E-state index contributed by atoms with van der Waals surface area (Å²) in [5.74, 6) is -0.448. The van der Waals surface area contributed by atoms with Crippen LogP contribution in [0.1, 0.15) is 11.1 Å². The zero-order valence-electron chi connectivity index (χ0n) is 5.94. The molecule has 0 radical (unpaired) electrons. The van der Waals surface area contributed by atoms with Crippen molar-refractivity contribution in [1.29, 1.82) is 5.26 Å². The van der Waals surface area contributed by atoms with Gasteiger partial charge in [0.2, 0.25) is 0 Å². The van der Waals surface area contributed by atoms with Crippen LogP contribution in [0.15, 0.2) is 12.1 Å². The SMILES string of the molecule is N#Cc1cc(F)c(CBr)c(Cl)c1. The fourth-order valence-electron chi connectivity index (χ4n) is 0.795. The van der Waals surface area contributed by atoms with Crippen LogP contribution < -0.4 is 0 Å². The fourth-order valence-corrected chi connectivity index (χ4v) is 1.80. The number of alkyl halides is 1. The molecule has 12 heavy (non-hydrogen) atoms. The van der Waals surface area contributed by atoms with E-state index in [2.05, 4.69) is 15.9 Å². The summed E-state index contributed by atoms with van der Waals surface area (Å²) in [5.41, 5.74) is 0.623. The van der Waals surface area contributed by atoms with Gasteiger partial charge in [0, 0.05) is 15.9 Å². The molecule has 0 saturated carbocycles. The Labute approximate surface area is 82.9 Å². The Balaban J connectivity index is 3.30. The molecule has 0 N–H and O–H groups in total. The molecule has 1 aromatic carbocycles. The van der Waals surface area contributed by atoms with Crippen molar-refractivity contribution in [2.24, 2.45) is 0 Å². The second-order valence-electron chi connectivity index (χ2n) is 2.16. The van der Waals surface area contributed by atoms with E-state index in [0.717, 1.165) is 0 Å². The number of benzene rings is 1. The minimum Gasteiger partial charge on any atom is -0.207 e. The normalized spacial score (nSPS) is 9.50. The molecular formula is C8H4BrClFN. The number of nitriles is 1. The molecule has 0 aliphatic rings. The summed E-state index contributed by atoms with van der Waals surface area (Å²) < 4.78 is 13.0. The minimum atomic E-state index is -0.448. The zero-order valence-corrected chi connectivity index (χ0v) is 8.28. The molecule has 0 amide bonds. The number of nitrogens with zero attached hydrogens (tertiary/aromatic N) is 1. The monoisotopic (exact) mass is 247 g/mol. The third-order valence-electron chi connectivity index (χ3n) is 1.40. The van der Waals surface area contributed by atoms with E-state index in [0.29, 0.717) is 10.9 Å². The van der Waals surface area contributed by atoms with Crippen LogP contribution in [0.4, 0.5) is 4.39 Å². The summed E-state index contributed by atoms with van der Waals surface area (Å²) in [7, 11) is 0. The first-order valence-electron chi connectivity index (χ1n) is 3.13. The van der Waals surface area contributed by atoms with E-state index in [4.69, 9.17) is 16.9 Å². The maximum Gasteiger partial charge on any atom is 0.130 e. The molecule has 1 aromatic rings. The summed E-state index contributed by atoms with van der Waals surface area (Å²) in [6, 6.07) is 4.43. The van der Waals surface area contributed by atoms with E-state index >= 15 is 0 Å². The highest BCUT2D eigenvalue weighted by Gasteiger charge is 2.07. The van der Waals surface area contributed by atoms with E-state index < -0.39 is 5.82 Å². The lowest BCUT2D eigenvalue weighted by Crippen LogP contribution is -1.89. The molecule has 0 aliphatic heterocycles. The molecule has 0 saturated heterocycles. The van der Waals surface area contributed by atoms with Crippen LogP contribution >= 0.6 is 27.5 Å². The molecule has 1 nitrogen and oxygen atoms in total. The van der Waals surface area contributed by atoms with Crippen LogP contribution in [0.5, 0.6) is 0 Å². The quantitative estimate of drug-likeness (QED) is 0.700. The highest BCUT2D eigenvalue weighted by molar-refractivity contribution is 9.08. The minimum absolute atomic E-state index is 0.238. The van der Waals surface area contributed by atoms with Gasteiger partial charge in [-0.2, -0.15) is 5.26 Å². The Bertz CT molecular complexity index is 322. The van der Waals surface area contributed by atoms with Gasteiger partial charge in [-0.15, -0.1) is 0 Å². The standard InChI is InChI=1S/C8H4BrClFN/c9-3-6-7(10)1-5(4-12)2-8(6)11/h1-2H,3H2. The number of hydrogen-bond donors (Lipinski definition) is 0. The Hall–Kier alpha value is -0.590. The largest absolute Gasteiger partial charge is 0.207 e. The molecule has 0 atom stereocenters. The van der Waals surface area contributed by atoms with Gasteiger partial charge in [-0.05, 0) is 12.1 Å². The fraction of sp³-hybridized carbons (Fsp3) is 0.125. The van der Waals surface area contributed by atoms with Crippen molar-refractivity contribution >= 4 is 27.5 Å². The first kappa shape index (κ1) is 9.50. The van der Waals surface area contributed by atoms with Crippen molar-refractivity contribution in [1.82, 2.24) is 0 Å². The maximum absolute atomic E-state index is 13.0. The van der Waals surface area contributed by atoms with E-state index in [9.17, 15) is 4.39 Å². The Morgan fingerprint density at radius 3 is 2.67 bits per heavy atom. The molecule has 0 aromatic heterocycles. The second-order valence-corrected chi connectivity index (χ2v) is 3.13. The van der Waals surface area contributed by atoms with Crippen LogP contribution in [0.25, 0.3) is 0 Å². The van der Waals surface area contributed by atoms with Gasteiger partial charge in [0.05, 0.1) is 11.6 Å². The Morgan fingerprint density at radius 1 is 1.58 bits per heavy atom. The molecule has 0 aliphatic carbocycles. The summed E-state index contributed by atoms with van der Waals surface area (Å²) in [5, 5.41) is 9.09. The lowest BCUT2D eigenvalue weighted by molar-refractivity contribution is 0.617. The van der Waals surface area contributed by atoms with E-state index in [1.165, 1.54) is 12.1 Å². The predicted molar refractivity (Wildman–Crippen MR) is 48.8 cm³/mol. The lowest BCUT2D eigenvalue weighted by Gasteiger charge is -2.01. The van der Waals surface area contributed by atoms with Gasteiger partial charge in [-0.3, -0.25) is 0 Å². The number of rotatable bonds is 1. The van der Waals surface area contributed by atoms with E-state index in [1.807, 2.05) is 6.07 Å². The van der Waals surface area contributed by atoms with Gasteiger partial charge < -0.3 is 0 Å². The van der Waals surface area contributed by atoms with Gasteiger partial charge in [0.15, 0.2) is 0 Å². The average Bonchev–Trinajstić information content (AvgIpc) is 2.03. The molecule has 0 unspecified atom stereocenters. The summed E-state index contributed by atoms with van der Waals surface area (Å²) in [6.45, 7) is 0. The topological polar surface area (TPSA) is 23.8 Å². The van der Waals surface area contributed by atoms with Crippen molar-refractivity contribution in [2.45, 2.75) is 5.33 Å². The van der Waals surface area contributed by atoms with Crippen LogP contribution in [-0.4, -0.2) is 0 Å². The lowest BCUT2D eigenvalue weighted by atomic mass is 10.1. The van der Waals surface area contributed by atoms with Crippen LogP contribution in [-0.2, 0) is 5.33 Å². The van der Waals surface area contributed by atoms with Gasteiger partial charge in [0.1, 0.15) is 5.82 Å². The smallest absolute Gasteiger partial charge is 0.130 e. The number of halogens is 3. The van der Waals surface area contributed by atoms with Crippen molar-refractivity contribution in [2.75, 3.05) is 0 Å². The molecule has 62 valence electrons. The Kier molecular flexibility index (Phi) is 3.07. The van der Waals surface area contributed by atoms with Crippen molar-refractivity contribution in [3.8, 4) is 6.07 Å². The predicted octanol–water partition coefficient (Wildman–Crippen LogP) is 3.25. The molecule has 0 spiro atoms. The van der Waals surface area contributed by atoms with Crippen LogP contribution in [0.3, 0.4) is 0 Å². The molecule has 4 heteroatoms. The summed E-state index contributed by atoms with van der Waals surface area (Å²) >= 11 is 8.79. The summed E-state index contributed by atoms with van der Waals surface area (Å²) in [4.78, 5) is 0. The first-order valence-corrected chi connectivity index (χ1v) is 4.63. The highest BCUT2D eigenvalue weighted by atomic mass is 79.9. The van der Waals surface area contributed by atoms with Crippen molar-refractivity contribution in [3.63, 3.8) is 0 Å². The third-order valence-corrected chi connectivity index (χ3v) is 2.30.